The zero-order valence-corrected chi connectivity index (χ0v) is 11.9. The Kier molecular flexibility index (Phi) is 3.31. The number of amides is 1. The number of H-pyrrole nitrogens is 1. The van der Waals surface area contributed by atoms with Crippen LogP contribution in [0.15, 0.2) is 48.9 Å². The second kappa shape index (κ2) is 5.28. The number of benzene rings is 1. The van der Waals surface area contributed by atoms with Crippen LogP contribution < -0.4 is 10.2 Å². The lowest BCUT2D eigenvalue weighted by Gasteiger charge is -2.17. The molecule has 0 spiro atoms. The number of aromatic amines is 1. The summed E-state index contributed by atoms with van der Waals surface area (Å²) in [4.78, 5) is 21.7. The van der Waals surface area contributed by atoms with E-state index in [4.69, 9.17) is 0 Å². The molecular weight excluding hydrogens is 264 g/mol. The summed E-state index contributed by atoms with van der Waals surface area (Å²) in [7, 11) is 3.86. The van der Waals surface area contributed by atoms with Gasteiger partial charge in [0.2, 0.25) is 0 Å². The summed E-state index contributed by atoms with van der Waals surface area (Å²) in [6.07, 6.45) is 5.19. The molecule has 2 N–H and O–H groups in total. The Bertz CT molecular complexity index is 792. The summed E-state index contributed by atoms with van der Waals surface area (Å²) >= 11 is 0. The van der Waals surface area contributed by atoms with Crippen LogP contribution in [0, 0.1) is 0 Å². The summed E-state index contributed by atoms with van der Waals surface area (Å²) < 4.78 is 0. The monoisotopic (exact) mass is 280 g/mol. The van der Waals surface area contributed by atoms with E-state index in [0.717, 1.165) is 16.6 Å². The van der Waals surface area contributed by atoms with Gasteiger partial charge in [0.15, 0.2) is 0 Å². The zero-order chi connectivity index (χ0) is 14.8. The minimum atomic E-state index is -0.142. The van der Waals surface area contributed by atoms with E-state index < -0.39 is 0 Å². The Morgan fingerprint density at radius 1 is 1.24 bits per heavy atom. The molecular formula is C16H16N4O. The molecule has 0 radical (unpaired) electrons. The van der Waals surface area contributed by atoms with E-state index in [1.807, 2.05) is 55.5 Å². The van der Waals surface area contributed by atoms with Crippen LogP contribution in [0.2, 0.25) is 0 Å². The fraction of sp³-hybridized carbons (Fsp3) is 0.125. The predicted molar refractivity (Wildman–Crippen MR) is 84.8 cm³/mol. The van der Waals surface area contributed by atoms with Crippen molar-refractivity contribution in [2.75, 3.05) is 24.3 Å². The molecule has 0 saturated carbocycles. The Hall–Kier alpha value is -2.82. The van der Waals surface area contributed by atoms with E-state index in [1.54, 1.807) is 12.4 Å². The van der Waals surface area contributed by atoms with Gasteiger partial charge in [-0.2, -0.15) is 0 Å². The number of fused-ring (bicyclic) bond motifs is 1. The van der Waals surface area contributed by atoms with Crippen LogP contribution in [0.5, 0.6) is 0 Å². The van der Waals surface area contributed by atoms with Gasteiger partial charge in [-0.3, -0.25) is 9.78 Å². The summed E-state index contributed by atoms with van der Waals surface area (Å²) in [5, 5.41) is 3.84. The number of anilines is 2. The van der Waals surface area contributed by atoms with Gasteiger partial charge in [-0.1, -0.05) is 6.07 Å². The Balaban J connectivity index is 1.96. The minimum absolute atomic E-state index is 0.142. The third-order valence-electron chi connectivity index (χ3n) is 3.37. The third kappa shape index (κ3) is 2.45. The second-order valence-corrected chi connectivity index (χ2v) is 4.99. The standard InChI is InChI=1S/C16H16N4O/c1-20(2)15-7-8-17-10-14(15)19-16(21)12-4-3-5-13-11(12)6-9-18-13/h3-10,18H,1-2H3,(H,19,21). The lowest BCUT2D eigenvalue weighted by molar-refractivity contribution is 0.102. The molecule has 106 valence electrons. The molecule has 1 aromatic carbocycles. The first-order chi connectivity index (χ1) is 10.2. The molecule has 0 bridgehead atoms. The molecule has 5 heteroatoms. The van der Waals surface area contributed by atoms with E-state index in [2.05, 4.69) is 15.3 Å². The fourth-order valence-corrected chi connectivity index (χ4v) is 2.35. The number of nitrogens with zero attached hydrogens (tertiary/aromatic N) is 2. The molecule has 2 aromatic heterocycles. The lowest BCUT2D eigenvalue weighted by atomic mass is 10.1. The van der Waals surface area contributed by atoms with Gasteiger partial charge in [-0.05, 0) is 24.3 Å². The molecule has 0 aliphatic rings. The molecule has 3 rings (SSSR count). The molecule has 0 aliphatic heterocycles. The fourth-order valence-electron chi connectivity index (χ4n) is 2.35. The number of hydrogen-bond acceptors (Lipinski definition) is 3. The van der Waals surface area contributed by atoms with E-state index >= 15 is 0 Å². The number of pyridine rings is 1. The van der Waals surface area contributed by atoms with E-state index in [0.29, 0.717) is 11.3 Å². The van der Waals surface area contributed by atoms with Gasteiger partial charge in [0.05, 0.1) is 17.6 Å². The minimum Gasteiger partial charge on any atom is -0.376 e. The number of nitrogens with one attached hydrogen (secondary N) is 2. The van der Waals surface area contributed by atoms with Crippen molar-refractivity contribution in [2.24, 2.45) is 0 Å². The highest BCUT2D eigenvalue weighted by atomic mass is 16.1. The summed E-state index contributed by atoms with van der Waals surface area (Å²) in [5.74, 6) is -0.142. The van der Waals surface area contributed by atoms with Crippen LogP contribution in [0.25, 0.3) is 10.9 Å². The van der Waals surface area contributed by atoms with Crippen LogP contribution in [-0.4, -0.2) is 30.0 Å². The van der Waals surface area contributed by atoms with Crippen LogP contribution >= 0.6 is 0 Å². The first kappa shape index (κ1) is 13.2. The average molecular weight is 280 g/mol. The molecule has 5 nitrogen and oxygen atoms in total. The van der Waals surface area contributed by atoms with Crippen molar-refractivity contribution in [3.8, 4) is 0 Å². The van der Waals surface area contributed by atoms with Crippen LogP contribution in [-0.2, 0) is 0 Å². The number of carbonyl (C=O) groups is 1. The molecule has 1 amide bonds. The topological polar surface area (TPSA) is 61.0 Å². The molecule has 3 aromatic rings. The van der Waals surface area contributed by atoms with Gasteiger partial charge in [0, 0.05) is 43.0 Å². The van der Waals surface area contributed by atoms with Crippen LogP contribution in [0.4, 0.5) is 11.4 Å². The molecule has 2 heterocycles. The van der Waals surface area contributed by atoms with Crippen molar-refractivity contribution < 1.29 is 4.79 Å². The first-order valence-electron chi connectivity index (χ1n) is 6.65. The molecule has 21 heavy (non-hydrogen) atoms. The molecule has 0 atom stereocenters. The Morgan fingerprint density at radius 3 is 2.90 bits per heavy atom. The molecule has 0 fully saturated rings. The van der Waals surface area contributed by atoms with Crippen molar-refractivity contribution in [2.45, 2.75) is 0 Å². The summed E-state index contributed by atoms with van der Waals surface area (Å²) in [6, 6.07) is 9.40. The molecule has 0 aliphatic carbocycles. The zero-order valence-electron chi connectivity index (χ0n) is 11.9. The molecule has 0 unspecified atom stereocenters. The van der Waals surface area contributed by atoms with Crippen molar-refractivity contribution in [1.82, 2.24) is 9.97 Å². The quantitative estimate of drug-likeness (QED) is 0.775. The van der Waals surface area contributed by atoms with E-state index in [9.17, 15) is 4.79 Å². The van der Waals surface area contributed by atoms with Gasteiger partial charge in [-0.25, -0.2) is 0 Å². The van der Waals surface area contributed by atoms with Crippen molar-refractivity contribution in [3.63, 3.8) is 0 Å². The SMILES string of the molecule is CN(C)c1ccncc1NC(=O)c1cccc2[nH]ccc12. The van der Waals surface area contributed by atoms with E-state index in [1.165, 1.54) is 0 Å². The highest BCUT2D eigenvalue weighted by Crippen LogP contribution is 2.24. The van der Waals surface area contributed by atoms with Gasteiger partial charge in [-0.15, -0.1) is 0 Å². The number of aromatic nitrogens is 2. The normalized spacial score (nSPS) is 10.6. The lowest BCUT2D eigenvalue weighted by Crippen LogP contribution is -2.17. The Morgan fingerprint density at radius 2 is 2.10 bits per heavy atom. The number of carbonyl (C=O) groups excluding carboxylic acids is 1. The number of rotatable bonds is 3. The number of hydrogen-bond donors (Lipinski definition) is 2. The predicted octanol–water partition coefficient (Wildman–Crippen LogP) is 2.88. The van der Waals surface area contributed by atoms with E-state index in [-0.39, 0.29) is 5.91 Å². The van der Waals surface area contributed by atoms with Gasteiger partial charge in [0.1, 0.15) is 0 Å². The van der Waals surface area contributed by atoms with Crippen LogP contribution in [0.1, 0.15) is 10.4 Å². The van der Waals surface area contributed by atoms with Gasteiger partial charge >= 0.3 is 0 Å². The molecule has 0 saturated heterocycles. The third-order valence-corrected chi connectivity index (χ3v) is 3.37. The Labute approximate surface area is 122 Å². The largest absolute Gasteiger partial charge is 0.376 e. The average Bonchev–Trinajstić information content (AvgIpc) is 2.95. The van der Waals surface area contributed by atoms with Crippen LogP contribution in [0.3, 0.4) is 0 Å². The van der Waals surface area contributed by atoms with Crippen molar-refractivity contribution in [1.29, 1.82) is 0 Å². The summed E-state index contributed by atoms with van der Waals surface area (Å²) in [5.41, 5.74) is 3.20. The van der Waals surface area contributed by atoms with Gasteiger partial charge in [0.25, 0.3) is 5.91 Å². The van der Waals surface area contributed by atoms with Crippen molar-refractivity contribution >= 4 is 28.2 Å². The smallest absolute Gasteiger partial charge is 0.256 e. The maximum absolute atomic E-state index is 12.5. The maximum atomic E-state index is 12.5. The highest BCUT2D eigenvalue weighted by Gasteiger charge is 2.13. The van der Waals surface area contributed by atoms with Gasteiger partial charge < -0.3 is 15.2 Å². The second-order valence-electron chi connectivity index (χ2n) is 4.99. The first-order valence-corrected chi connectivity index (χ1v) is 6.65. The summed E-state index contributed by atoms with van der Waals surface area (Å²) in [6.45, 7) is 0. The maximum Gasteiger partial charge on any atom is 0.256 e. The highest BCUT2D eigenvalue weighted by molar-refractivity contribution is 6.13. The van der Waals surface area contributed by atoms with Crippen molar-refractivity contribution in [3.05, 3.63) is 54.5 Å².